The minimum Gasteiger partial charge on any atom is -0.309 e. The van der Waals surface area contributed by atoms with Crippen molar-refractivity contribution in [3.63, 3.8) is 0 Å². The molecule has 0 fully saturated rings. The van der Waals surface area contributed by atoms with Crippen LogP contribution in [0.4, 0.5) is 0 Å². The summed E-state index contributed by atoms with van der Waals surface area (Å²) in [5.74, 6) is 0. The minimum atomic E-state index is 0.573. The standard InChI is InChI=1S/C39H21N5/c40-22-25-9-16-37(44-35-7-3-1-5-30(35)31-6-2-4-8-36(31)44)32(19-25)28-12-14-29(15-13-28)43-38-17-10-26(23-41)20-33(38)34-21-27(24-42)11-18-39(34)43/h1-21H. The molecule has 0 radical (unpaired) electrons. The highest BCUT2D eigenvalue weighted by Crippen LogP contribution is 2.38. The van der Waals surface area contributed by atoms with E-state index < -0.39 is 0 Å². The van der Waals surface area contributed by atoms with Gasteiger partial charge in [0.05, 0.1) is 62.7 Å². The van der Waals surface area contributed by atoms with Gasteiger partial charge in [-0.3, -0.25) is 0 Å². The molecule has 0 aliphatic heterocycles. The Labute approximate surface area is 252 Å². The predicted molar refractivity (Wildman–Crippen MR) is 175 cm³/mol. The first-order valence-electron chi connectivity index (χ1n) is 14.2. The van der Waals surface area contributed by atoms with E-state index in [2.05, 4.69) is 100 Å². The van der Waals surface area contributed by atoms with Crippen molar-refractivity contribution >= 4 is 43.6 Å². The lowest BCUT2D eigenvalue weighted by Gasteiger charge is -2.15. The first-order chi connectivity index (χ1) is 21.7. The molecule has 0 saturated heterocycles. The van der Waals surface area contributed by atoms with Gasteiger partial charge in [0.25, 0.3) is 0 Å². The van der Waals surface area contributed by atoms with E-state index in [9.17, 15) is 15.8 Å². The van der Waals surface area contributed by atoms with E-state index in [-0.39, 0.29) is 0 Å². The van der Waals surface area contributed by atoms with Gasteiger partial charge < -0.3 is 9.13 Å². The van der Waals surface area contributed by atoms with E-state index in [4.69, 9.17) is 0 Å². The van der Waals surface area contributed by atoms with Crippen LogP contribution in [0.3, 0.4) is 0 Å². The molecule has 0 spiro atoms. The normalized spacial score (nSPS) is 11.1. The summed E-state index contributed by atoms with van der Waals surface area (Å²) in [5.41, 5.74) is 9.77. The minimum absolute atomic E-state index is 0.573. The fourth-order valence-corrected chi connectivity index (χ4v) is 6.44. The molecule has 8 aromatic rings. The third-order valence-corrected chi connectivity index (χ3v) is 8.41. The molecule has 6 aromatic carbocycles. The Morgan fingerprint density at radius 3 is 1.43 bits per heavy atom. The number of hydrogen-bond donors (Lipinski definition) is 0. The number of nitriles is 3. The lowest BCUT2D eigenvalue weighted by atomic mass is 10.00. The van der Waals surface area contributed by atoms with E-state index in [1.54, 1.807) is 0 Å². The SMILES string of the molecule is N#Cc1ccc(-n2c3ccccc3c3ccccc32)c(-c2ccc(-n3c4ccc(C#N)cc4c4cc(C#N)ccc43)cc2)c1. The number of para-hydroxylation sites is 2. The Hall–Kier alpha value is -6.61. The van der Waals surface area contributed by atoms with Crippen molar-refractivity contribution in [2.24, 2.45) is 0 Å². The van der Waals surface area contributed by atoms with Crippen molar-refractivity contribution in [2.45, 2.75) is 0 Å². The van der Waals surface area contributed by atoms with Crippen LogP contribution in [-0.2, 0) is 0 Å². The summed E-state index contributed by atoms with van der Waals surface area (Å²) in [6.45, 7) is 0. The molecular weight excluding hydrogens is 538 g/mol. The monoisotopic (exact) mass is 559 g/mol. The van der Waals surface area contributed by atoms with Crippen LogP contribution >= 0.6 is 0 Å². The molecule has 0 saturated carbocycles. The van der Waals surface area contributed by atoms with Gasteiger partial charge in [-0.25, -0.2) is 0 Å². The first-order valence-corrected chi connectivity index (χ1v) is 14.2. The average Bonchev–Trinajstić information content (AvgIpc) is 3.60. The van der Waals surface area contributed by atoms with Crippen molar-refractivity contribution in [3.8, 4) is 40.7 Å². The first kappa shape index (κ1) is 25.1. The maximum absolute atomic E-state index is 9.82. The van der Waals surface area contributed by atoms with Gasteiger partial charge in [0.1, 0.15) is 0 Å². The number of aromatic nitrogens is 2. The zero-order chi connectivity index (χ0) is 29.8. The summed E-state index contributed by atoms with van der Waals surface area (Å²) in [6.07, 6.45) is 0. The Morgan fingerprint density at radius 2 is 0.886 bits per heavy atom. The van der Waals surface area contributed by atoms with Gasteiger partial charge in [0.2, 0.25) is 0 Å². The zero-order valence-corrected chi connectivity index (χ0v) is 23.4. The second kappa shape index (κ2) is 9.74. The highest BCUT2D eigenvalue weighted by molar-refractivity contribution is 6.11. The van der Waals surface area contributed by atoms with E-state index >= 15 is 0 Å². The molecule has 5 heteroatoms. The molecule has 2 heterocycles. The number of fused-ring (bicyclic) bond motifs is 6. The Kier molecular flexibility index (Phi) is 5.56. The third-order valence-electron chi connectivity index (χ3n) is 8.41. The molecule has 44 heavy (non-hydrogen) atoms. The summed E-state index contributed by atoms with van der Waals surface area (Å²) in [7, 11) is 0. The van der Waals surface area contributed by atoms with Crippen LogP contribution in [0.5, 0.6) is 0 Å². The van der Waals surface area contributed by atoms with Crippen molar-refractivity contribution in [1.29, 1.82) is 15.8 Å². The number of nitrogens with zero attached hydrogens (tertiary/aromatic N) is 5. The van der Waals surface area contributed by atoms with Crippen molar-refractivity contribution in [1.82, 2.24) is 9.13 Å². The second-order valence-electron chi connectivity index (χ2n) is 10.8. The van der Waals surface area contributed by atoms with Gasteiger partial charge in [-0.15, -0.1) is 0 Å². The summed E-state index contributed by atoms with van der Waals surface area (Å²) in [5, 5.41) is 33.1. The van der Waals surface area contributed by atoms with Gasteiger partial charge in [-0.1, -0.05) is 48.5 Å². The molecule has 5 nitrogen and oxygen atoms in total. The number of benzene rings is 6. The average molecular weight is 560 g/mol. The van der Waals surface area contributed by atoms with E-state index in [0.29, 0.717) is 16.7 Å². The van der Waals surface area contributed by atoms with Gasteiger partial charge in [0.15, 0.2) is 0 Å². The van der Waals surface area contributed by atoms with Gasteiger partial charge in [-0.05, 0) is 84.4 Å². The van der Waals surface area contributed by atoms with Crippen LogP contribution in [0.2, 0.25) is 0 Å². The summed E-state index contributed by atoms with van der Waals surface area (Å²) in [6, 6.07) is 49.2. The molecule has 202 valence electrons. The fraction of sp³-hybridized carbons (Fsp3) is 0. The van der Waals surface area contributed by atoms with Crippen molar-refractivity contribution < 1.29 is 0 Å². The fourth-order valence-electron chi connectivity index (χ4n) is 6.44. The topological polar surface area (TPSA) is 81.2 Å². The van der Waals surface area contributed by atoms with E-state index in [1.807, 2.05) is 54.6 Å². The van der Waals surface area contributed by atoms with E-state index in [1.165, 1.54) is 10.8 Å². The molecule has 0 unspecified atom stereocenters. The van der Waals surface area contributed by atoms with E-state index in [0.717, 1.165) is 55.3 Å². The highest BCUT2D eigenvalue weighted by Gasteiger charge is 2.17. The number of rotatable bonds is 3. The zero-order valence-electron chi connectivity index (χ0n) is 23.4. The smallest absolute Gasteiger partial charge is 0.0991 e. The lowest BCUT2D eigenvalue weighted by Crippen LogP contribution is -1.98. The lowest BCUT2D eigenvalue weighted by molar-refractivity contribution is 1.17. The molecule has 0 atom stereocenters. The molecule has 2 aromatic heterocycles. The van der Waals surface area contributed by atoms with Gasteiger partial charge in [-0.2, -0.15) is 15.8 Å². The van der Waals surface area contributed by atoms with Crippen LogP contribution in [0, 0.1) is 34.0 Å². The maximum Gasteiger partial charge on any atom is 0.0991 e. The molecular formula is C39H21N5. The van der Waals surface area contributed by atoms with Crippen molar-refractivity contribution in [2.75, 3.05) is 0 Å². The summed E-state index contributed by atoms with van der Waals surface area (Å²) < 4.78 is 4.44. The van der Waals surface area contributed by atoms with Crippen LogP contribution in [-0.4, -0.2) is 9.13 Å². The van der Waals surface area contributed by atoms with Crippen LogP contribution < -0.4 is 0 Å². The second-order valence-corrected chi connectivity index (χ2v) is 10.8. The molecule has 0 N–H and O–H groups in total. The number of hydrogen-bond acceptors (Lipinski definition) is 3. The molecule has 0 aliphatic carbocycles. The Bertz CT molecular complexity index is 2450. The molecule has 0 aliphatic rings. The van der Waals surface area contributed by atoms with Gasteiger partial charge in [0, 0.05) is 32.8 Å². The quantitative estimate of drug-likeness (QED) is 0.216. The Balaban J connectivity index is 1.34. The molecule has 0 amide bonds. The summed E-state index contributed by atoms with van der Waals surface area (Å²) in [4.78, 5) is 0. The molecule has 8 rings (SSSR count). The van der Waals surface area contributed by atoms with Crippen LogP contribution in [0.25, 0.3) is 66.1 Å². The highest BCUT2D eigenvalue weighted by atomic mass is 15.0. The predicted octanol–water partition coefficient (Wildman–Crippen LogP) is 9.16. The molecule has 0 bridgehead atoms. The Morgan fingerprint density at radius 1 is 0.409 bits per heavy atom. The van der Waals surface area contributed by atoms with Gasteiger partial charge >= 0.3 is 0 Å². The maximum atomic E-state index is 9.82. The van der Waals surface area contributed by atoms with Crippen molar-refractivity contribution in [3.05, 3.63) is 144 Å². The summed E-state index contributed by atoms with van der Waals surface area (Å²) >= 11 is 0. The largest absolute Gasteiger partial charge is 0.309 e. The third kappa shape index (κ3) is 3.70. The van der Waals surface area contributed by atoms with Crippen LogP contribution in [0.1, 0.15) is 16.7 Å². The van der Waals surface area contributed by atoms with Crippen LogP contribution in [0.15, 0.2) is 127 Å².